The van der Waals surface area contributed by atoms with Crippen LogP contribution in [0.4, 0.5) is 0 Å². The highest BCUT2D eigenvalue weighted by Crippen LogP contribution is 2.25. The maximum atomic E-state index is 4.67. The fourth-order valence-corrected chi connectivity index (χ4v) is 4.12. The zero-order valence-electron chi connectivity index (χ0n) is 14.1. The predicted octanol–water partition coefficient (Wildman–Crippen LogP) is 3.65. The lowest BCUT2D eigenvalue weighted by atomic mass is 10.1. The van der Waals surface area contributed by atoms with Crippen LogP contribution in [0.15, 0.2) is 23.4 Å². The first-order valence-corrected chi connectivity index (χ1v) is 9.82. The summed E-state index contributed by atoms with van der Waals surface area (Å²) in [7, 11) is 0. The Morgan fingerprint density at radius 3 is 2.88 bits per heavy atom. The van der Waals surface area contributed by atoms with Crippen molar-refractivity contribution in [2.45, 2.75) is 37.8 Å². The molecule has 0 saturated carbocycles. The average Bonchev–Trinajstić information content (AvgIpc) is 2.99. The second-order valence-corrected chi connectivity index (χ2v) is 7.46. The normalized spacial score (nSPS) is 16.2. The summed E-state index contributed by atoms with van der Waals surface area (Å²) in [6.45, 7) is 5.75. The van der Waals surface area contributed by atoms with Gasteiger partial charge in [0.1, 0.15) is 5.52 Å². The summed E-state index contributed by atoms with van der Waals surface area (Å²) < 4.78 is 0. The van der Waals surface area contributed by atoms with Crippen molar-refractivity contribution in [3.8, 4) is 0 Å². The van der Waals surface area contributed by atoms with E-state index in [2.05, 4.69) is 50.2 Å². The van der Waals surface area contributed by atoms with E-state index in [9.17, 15) is 0 Å². The van der Waals surface area contributed by atoms with Crippen LogP contribution >= 0.6 is 11.8 Å². The number of nitrogens with one attached hydrogen (secondary N) is 1. The van der Waals surface area contributed by atoms with Crippen LogP contribution in [0.5, 0.6) is 0 Å². The third-order valence-corrected chi connectivity index (χ3v) is 5.57. The molecule has 0 atom stereocenters. The van der Waals surface area contributed by atoms with Crippen LogP contribution in [-0.2, 0) is 6.42 Å². The topological polar surface area (TPSA) is 57.7 Å². The van der Waals surface area contributed by atoms with Crippen LogP contribution in [0.1, 0.15) is 31.7 Å². The number of likely N-dealkylation sites (tertiary alicyclic amines) is 1. The van der Waals surface area contributed by atoms with Gasteiger partial charge >= 0.3 is 0 Å². The maximum absolute atomic E-state index is 4.67. The minimum Gasteiger partial charge on any atom is -0.338 e. The standard InChI is InChI=1S/C18H23N5S/c1-2-13-6-7-15-14(12-13)16-17(19-15)20-18(22-21-16)24-11-10-23-8-4-3-5-9-23/h6-7,12H,2-5,8-11H2,1H3,(H,19,20,22). The Balaban J connectivity index is 1.49. The van der Waals surface area contributed by atoms with Gasteiger partial charge in [-0.3, -0.25) is 0 Å². The molecule has 0 aliphatic carbocycles. The third-order valence-electron chi connectivity index (χ3n) is 4.76. The number of aryl methyl sites for hydroxylation is 1. The van der Waals surface area contributed by atoms with Gasteiger partial charge in [-0.15, -0.1) is 10.2 Å². The Labute approximate surface area is 146 Å². The van der Waals surface area contributed by atoms with Gasteiger partial charge in [-0.05, 0) is 50.0 Å². The molecule has 2 aromatic heterocycles. The van der Waals surface area contributed by atoms with Crippen molar-refractivity contribution < 1.29 is 0 Å². The number of H-pyrrole nitrogens is 1. The van der Waals surface area contributed by atoms with Crippen molar-refractivity contribution in [2.24, 2.45) is 0 Å². The zero-order chi connectivity index (χ0) is 16.4. The Hall–Kier alpha value is -1.66. The number of hydrogen-bond donors (Lipinski definition) is 1. The van der Waals surface area contributed by atoms with E-state index in [1.54, 1.807) is 11.8 Å². The summed E-state index contributed by atoms with van der Waals surface area (Å²) in [5.41, 5.74) is 4.11. The van der Waals surface area contributed by atoms with E-state index < -0.39 is 0 Å². The lowest BCUT2D eigenvalue weighted by molar-refractivity contribution is 0.242. The van der Waals surface area contributed by atoms with E-state index in [1.807, 2.05) is 0 Å². The van der Waals surface area contributed by atoms with Gasteiger partial charge in [-0.25, -0.2) is 4.98 Å². The number of nitrogens with zero attached hydrogens (tertiary/aromatic N) is 4. The van der Waals surface area contributed by atoms with E-state index in [0.717, 1.165) is 45.9 Å². The molecule has 1 fully saturated rings. The molecule has 6 heteroatoms. The summed E-state index contributed by atoms with van der Waals surface area (Å²) in [5, 5.41) is 10.6. The van der Waals surface area contributed by atoms with Gasteiger partial charge in [0, 0.05) is 23.2 Å². The van der Waals surface area contributed by atoms with Crippen LogP contribution < -0.4 is 0 Å². The van der Waals surface area contributed by atoms with Crippen LogP contribution in [0, 0.1) is 0 Å². The van der Waals surface area contributed by atoms with Gasteiger partial charge in [-0.1, -0.05) is 31.2 Å². The first-order valence-electron chi connectivity index (χ1n) is 8.83. The van der Waals surface area contributed by atoms with Crippen LogP contribution in [0.3, 0.4) is 0 Å². The molecule has 5 nitrogen and oxygen atoms in total. The molecule has 1 aliphatic heterocycles. The van der Waals surface area contributed by atoms with E-state index in [4.69, 9.17) is 0 Å². The molecule has 1 aromatic carbocycles. The van der Waals surface area contributed by atoms with E-state index in [-0.39, 0.29) is 0 Å². The molecule has 1 aliphatic rings. The molecule has 3 heterocycles. The lowest BCUT2D eigenvalue weighted by Gasteiger charge is -2.25. The molecule has 3 aromatic rings. The van der Waals surface area contributed by atoms with Crippen molar-refractivity contribution >= 4 is 33.8 Å². The number of hydrogen-bond acceptors (Lipinski definition) is 5. The van der Waals surface area contributed by atoms with Gasteiger partial charge in [0.15, 0.2) is 5.65 Å². The number of thioether (sulfide) groups is 1. The summed E-state index contributed by atoms with van der Waals surface area (Å²) in [6, 6.07) is 6.45. The monoisotopic (exact) mass is 341 g/mol. The number of piperidine rings is 1. The fraction of sp³-hybridized carbons (Fsp3) is 0.500. The number of rotatable bonds is 5. The average molecular weight is 341 g/mol. The molecule has 0 amide bonds. The van der Waals surface area contributed by atoms with E-state index in [1.165, 1.54) is 37.9 Å². The first kappa shape index (κ1) is 15.8. The number of fused-ring (bicyclic) bond motifs is 3. The van der Waals surface area contributed by atoms with Crippen LogP contribution in [-0.4, -0.2) is 50.5 Å². The molecule has 4 rings (SSSR count). The second-order valence-electron chi connectivity index (χ2n) is 6.40. The van der Waals surface area contributed by atoms with Gasteiger partial charge < -0.3 is 9.88 Å². The van der Waals surface area contributed by atoms with Gasteiger partial charge in [-0.2, -0.15) is 0 Å². The van der Waals surface area contributed by atoms with Crippen molar-refractivity contribution in [1.82, 2.24) is 25.1 Å². The lowest BCUT2D eigenvalue weighted by Crippen LogP contribution is -2.31. The Bertz CT molecular complexity index is 838. The highest BCUT2D eigenvalue weighted by atomic mass is 32.2. The van der Waals surface area contributed by atoms with E-state index >= 15 is 0 Å². The first-order chi connectivity index (χ1) is 11.8. The molecule has 0 bridgehead atoms. The van der Waals surface area contributed by atoms with Crippen molar-refractivity contribution in [3.05, 3.63) is 23.8 Å². The Morgan fingerprint density at radius 2 is 2.04 bits per heavy atom. The number of benzene rings is 1. The van der Waals surface area contributed by atoms with Gasteiger partial charge in [0.2, 0.25) is 5.16 Å². The Kier molecular flexibility index (Phi) is 4.67. The Morgan fingerprint density at radius 1 is 1.17 bits per heavy atom. The van der Waals surface area contributed by atoms with Gasteiger partial charge in [0.05, 0.1) is 0 Å². The summed E-state index contributed by atoms with van der Waals surface area (Å²) in [5.74, 6) is 1.02. The molecule has 1 N–H and O–H groups in total. The minimum atomic E-state index is 0.766. The highest BCUT2D eigenvalue weighted by Gasteiger charge is 2.12. The third kappa shape index (κ3) is 3.26. The van der Waals surface area contributed by atoms with Crippen LogP contribution in [0.25, 0.3) is 22.1 Å². The summed E-state index contributed by atoms with van der Waals surface area (Å²) in [6.07, 6.45) is 5.08. The summed E-state index contributed by atoms with van der Waals surface area (Å²) in [4.78, 5) is 10.6. The van der Waals surface area contributed by atoms with E-state index in [0.29, 0.717) is 0 Å². The number of aromatic amines is 1. The molecule has 126 valence electrons. The van der Waals surface area contributed by atoms with Crippen molar-refractivity contribution in [1.29, 1.82) is 0 Å². The molecular formula is C18H23N5S. The molecule has 24 heavy (non-hydrogen) atoms. The van der Waals surface area contributed by atoms with Crippen molar-refractivity contribution in [3.63, 3.8) is 0 Å². The second kappa shape index (κ2) is 7.07. The largest absolute Gasteiger partial charge is 0.338 e. The maximum Gasteiger partial charge on any atom is 0.211 e. The van der Waals surface area contributed by atoms with Gasteiger partial charge in [0.25, 0.3) is 0 Å². The predicted molar refractivity (Wildman–Crippen MR) is 99.6 cm³/mol. The minimum absolute atomic E-state index is 0.766. The molecular weight excluding hydrogens is 318 g/mol. The smallest absolute Gasteiger partial charge is 0.211 e. The molecule has 0 unspecified atom stereocenters. The highest BCUT2D eigenvalue weighted by molar-refractivity contribution is 7.99. The molecule has 1 saturated heterocycles. The van der Waals surface area contributed by atoms with Crippen molar-refractivity contribution in [2.75, 3.05) is 25.4 Å². The molecule has 0 radical (unpaired) electrons. The zero-order valence-corrected chi connectivity index (χ0v) is 14.9. The quantitative estimate of drug-likeness (QED) is 0.718. The molecule has 0 spiro atoms. The summed E-state index contributed by atoms with van der Waals surface area (Å²) >= 11 is 1.70. The fourth-order valence-electron chi connectivity index (χ4n) is 3.33. The van der Waals surface area contributed by atoms with Crippen LogP contribution in [0.2, 0.25) is 0 Å². The SMILES string of the molecule is CCc1ccc2[nH]c3nc(SCCN4CCCCC4)nnc3c2c1. The number of aromatic nitrogens is 4.